The topological polar surface area (TPSA) is 86.8 Å². The molecular weight excluding hydrogens is 534 g/mol. The second-order valence-electron chi connectivity index (χ2n) is 10.6. The predicted molar refractivity (Wildman–Crippen MR) is 166 cm³/mol. The van der Waals surface area contributed by atoms with E-state index >= 15 is 0 Å². The summed E-state index contributed by atoms with van der Waals surface area (Å²) in [7, 11) is -3.55. The molecule has 3 aromatic carbocycles. The number of rotatable bonds is 15. The van der Waals surface area contributed by atoms with Crippen LogP contribution in [-0.2, 0) is 32.6 Å². The molecule has 0 aliphatic rings. The lowest BCUT2D eigenvalue weighted by molar-refractivity contribution is -0.141. The fourth-order valence-electron chi connectivity index (χ4n) is 4.72. The first-order valence-electron chi connectivity index (χ1n) is 14.3. The molecule has 7 nitrogen and oxygen atoms in total. The highest BCUT2D eigenvalue weighted by atomic mass is 32.2. The van der Waals surface area contributed by atoms with Gasteiger partial charge in [0.15, 0.2) is 0 Å². The van der Waals surface area contributed by atoms with Gasteiger partial charge in [-0.3, -0.25) is 13.9 Å². The summed E-state index contributed by atoms with van der Waals surface area (Å²) in [4.78, 5) is 29.0. The maximum atomic E-state index is 13.9. The molecule has 0 fully saturated rings. The molecular formula is C33H43N3O4S. The lowest BCUT2D eigenvalue weighted by Gasteiger charge is -2.32. The Morgan fingerprint density at radius 1 is 0.854 bits per heavy atom. The largest absolute Gasteiger partial charge is 0.354 e. The van der Waals surface area contributed by atoms with Crippen LogP contribution >= 0.6 is 0 Å². The smallest absolute Gasteiger partial charge is 0.243 e. The van der Waals surface area contributed by atoms with E-state index in [-0.39, 0.29) is 31.3 Å². The highest BCUT2D eigenvalue weighted by molar-refractivity contribution is 7.92. The van der Waals surface area contributed by atoms with Gasteiger partial charge in [-0.05, 0) is 61.1 Å². The van der Waals surface area contributed by atoms with E-state index in [0.717, 1.165) is 35.1 Å². The van der Waals surface area contributed by atoms with Gasteiger partial charge in [-0.1, -0.05) is 80.1 Å². The van der Waals surface area contributed by atoms with E-state index in [1.807, 2.05) is 86.6 Å². The predicted octanol–water partition coefficient (Wildman–Crippen LogP) is 5.41. The van der Waals surface area contributed by atoms with Crippen LogP contribution in [0.2, 0.25) is 0 Å². The van der Waals surface area contributed by atoms with Crippen LogP contribution in [0, 0.1) is 13.8 Å². The number of benzene rings is 3. The Morgan fingerprint density at radius 3 is 2.07 bits per heavy atom. The first-order chi connectivity index (χ1) is 19.6. The highest BCUT2D eigenvalue weighted by Crippen LogP contribution is 2.23. The van der Waals surface area contributed by atoms with E-state index in [4.69, 9.17) is 0 Å². The van der Waals surface area contributed by atoms with Gasteiger partial charge in [0, 0.05) is 32.5 Å². The molecule has 3 aromatic rings. The molecule has 41 heavy (non-hydrogen) atoms. The number of anilines is 1. The Labute approximate surface area is 245 Å². The highest BCUT2D eigenvalue weighted by Gasteiger charge is 2.30. The molecule has 0 saturated carbocycles. The van der Waals surface area contributed by atoms with Gasteiger partial charge in [-0.15, -0.1) is 0 Å². The molecule has 1 atom stereocenters. The van der Waals surface area contributed by atoms with Crippen molar-refractivity contribution in [2.75, 3.05) is 23.7 Å². The van der Waals surface area contributed by atoms with Crippen molar-refractivity contribution in [3.8, 4) is 0 Å². The van der Waals surface area contributed by atoms with E-state index in [1.165, 1.54) is 10.6 Å². The summed E-state index contributed by atoms with van der Waals surface area (Å²) < 4.78 is 26.7. The number of amides is 2. The fourth-order valence-corrected chi connectivity index (χ4v) is 5.68. The summed E-state index contributed by atoms with van der Waals surface area (Å²) >= 11 is 0. The fraction of sp³-hybridized carbons (Fsp3) is 0.394. The Balaban J connectivity index is 1.85. The van der Waals surface area contributed by atoms with Crippen LogP contribution in [-0.4, -0.2) is 50.5 Å². The van der Waals surface area contributed by atoms with Gasteiger partial charge in [0.05, 0.1) is 11.9 Å². The number of nitrogens with zero attached hydrogens (tertiary/aromatic N) is 2. The van der Waals surface area contributed by atoms with Gasteiger partial charge in [0.25, 0.3) is 0 Å². The van der Waals surface area contributed by atoms with Gasteiger partial charge in [-0.25, -0.2) is 8.42 Å². The summed E-state index contributed by atoms with van der Waals surface area (Å²) in [5, 5.41) is 3.03. The van der Waals surface area contributed by atoms with Crippen LogP contribution in [0.3, 0.4) is 0 Å². The normalized spacial score (nSPS) is 12.0. The molecule has 0 saturated heterocycles. The minimum atomic E-state index is -3.55. The average molecular weight is 578 g/mol. The van der Waals surface area contributed by atoms with E-state index in [0.29, 0.717) is 25.1 Å². The first-order valence-corrected chi connectivity index (χ1v) is 16.1. The molecule has 8 heteroatoms. The molecule has 2 amide bonds. The Morgan fingerprint density at radius 2 is 1.49 bits per heavy atom. The number of aryl methyl sites for hydroxylation is 2. The zero-order valence-corrected chi connectivity index (χ0v) is 25.5. The van der Waals surface area contributed by atoms with E-state index in [2.05, 4.69) is 12.2 Å². The van der Waals surface area contributed by atoms with Crippen LogP contribution in [0.4, 0.5) is 5.69 Å². The quantitative estimate of drug-likeness (QED) is 0.245. The Bertz CT molecular complexity index is 1380. The van der Waals surface area contributed by atoms with Crippen molar-refractivity contribution in [1.82, 2.24) is 10.2 Å². The zero-order valence-electron chi connectivity index (χ0n) is 24.7. The molecule has 0 aliphatic carbocycles. The van der Waals surface area contributed by atoms with Gasteiger partial charge >= 0.3 is 0 Å². The molecule has 0 aliphatic heterocycles. The monoisotopic (exact) mass is 577 g/mol. The molecule has 1 N–H and O–H groups in total. The van der Waals surface area contributed by atoms with Crippen molar-refractivity contribution >= 4 is 27.5 Å². The maximum Gasteiger partial charge on any atom is 0.243 e. The van der Waals surface area contributed by atoms with Gasteiger partial charge in [0.2, 0.25) is 21.8 Å². The van der Waals surface area contributed by atoms with Crippen molar-refractivity contribution in [1.29, 1.82) is 0 Å². The second-order valence-corrected chi connectivity index (χ2v) is 12.5. The summed E-state index contributed by atoms with van der Waals surface area (Å²) in [6.45, 7) is 6.99. The Kier molecular flexibility index (Phi) is 12.0. The lowest BCUT2D eigenvalue weighted by atomic mass is 10.0. The van der Waals surface area contributed by atoms with Crippen molar-refractivity contribution < 1.29 is 18.0 Å². The lowest BCUT2D eigenvalue weighted by Crippen LogP contribution is -2.50. The van der Waals surface area contributed by atoms with Crippen molar-refractivity contribution in [3.05, 3.63) is 101 Å². The molecule has 0 unspecified atom stereocenters. The van der Waals surface area contributed by atoms with Crippen LogP contribution in [0.1, 0.15) is 54.9 Å². The summed E-state index contributed by atoms with van der Waals surface area (Å²) in [6.07, 6.45) is 3.80. The van der Waals surface area contributed by atoms with Gasteiger partial charge in [0.1, 0.15) is 6.04 Å². The maximum absolute atomic E-state index is 13.9. The number of carbonyl (C=O) groups is 2. The van der Waals surface area contributed by atoms with Crippen LogP contribution in [0.5, 0.6) is 0 Å². The number of sulfonamides is 1. The third kappa shape index (κ3) is 9.74. The van der Waals surface area contributed by atoms with Crippen LogP contribution < -0.4 is 9.62 Å². The number of unbranched alkanes of at least 4 members (excludes halogenated alkanes) is 1. The third-order valence-electron chi connectivity index (χ3n) is 7.23. The van der Waals surface area contributed by atoms with Crippen molar-refractivity contribution in [2.45, 2.75) is 65.5 Å². The standard InChI is InChI=1S/C33H43N3O4S/c1-5-6-21-34-33(38)31(24-28-14-9-7-10-15-28)35(25-29-16-11-8-12-17-29)32(37)18-13-22-36(41(4,39)40)30-20-19-26(2)27(3)23-30/h7-12,14-17,19-20,23,31H,5-6,13,18,21-22,24-25H2,1-4H3,(H,34,38)/t31-/m0/s1. The third-order valence-corrected chi connectivity index (χ3v) is 8.42. The molecule has 3 rings (SSSR count). The molecule has 0 bridgehead atoms. The zero-order chi connectivity index (χ0) is 29.8. The van der Waals surface area contributed by atoms with Gasteiger partial charge < -0.3 is 10.2 Å². The molecule has 0 radical (unpaired) electrons. The summed E-state index contributed by atoms with van der Waals surface area (Å²) in [5.41, 5.74) is 4.55. The first kappa shape index (κ1) is 31.9. The summed E-state index contributed by atoms with van der Waals surface area (Å²) in [6, 6.07) is 24.2. The SMILES string of the molecule is CCCCNC(=O)[C@H](Cc1ccccc1)N(Cc1ccccc1)C(=O)CCCN(c1ccc(C)c(C)c1)S(C)(=O)=O. The molecule has 0 heterocycles. The number of hydrogen-bond acceptors (Lipinski definition) is 4. The second kappa shape index (κ2) is 15.4. The van der Waals surface area contributed by atoms with Crippen molar-refractivity contribution in [3.63, 3.8) is 0 Å². The van der Waals surface area contributed by atoms with Crippen molar-refractivity contribution in [2.24, 2.45) is 0 Å². The minimum absolute atomic E-state index is 0.108. The van der Waals surface area contributed by atoms with Crippen LogP contribution in [0.25, 0.3) is 0 Å². The minimum Gasteiger partial charge on any atom is -0.354 e. The molecule has 220 valence electrons. The average Bonchev–Trinajstić information content (AvgIpc) is 2.95. The number of nitrogens with one attached hydrogen (secondary N) is 1. The summed E-state index contributed by atoms with van der Waals surface area (Å²) in [5.74, 6) is -0.367. The number of hydrogen-bond donors (Lipinski definition) is 1. The number of carbonyl (C=O) groups excluding carboxylic acids is 2. The van der Waals surface area contributed by atoms with E-state index in [1.54, 1.807) is 11.0 Å². The Hall–Kier alpha value is -3.65. The van der Waals surface area contributed by atoms with E-state index < -0.39 is 16.1 Å². The molecule has 0 aromatic heterocycles. The van der Waals surface area contributed by atoms with E-state index in [9.17, 15) is 18.0 Å². The van der Waals surface area contributed by atoms with Gasteiger partial charge in [-0.2, -0.15) is 0 Å². The van der Waals surface area contributed by atoms with Crippen LogP contribution in [0.15, 0.2) is 78.9 Å². The molecule has 0 spiro atoms.